The van der Waals surface area contributed by atoms with Crippen molar-refractivity contribution in [3.05, 3.63) is 72.1 Å². The third kappa shape index (κ3) is 4.73. The number of halogens is 3. The first-order valence-electron chi connectivity index (χ1n) is 8.54. The van der Waals surface area contributed by atoms with Crippen LogP contribution in [0.4, 0.5) is 13.2 Å². The summed E-state index contributed by atoms with van der Waals surface area (Å²) >= 11 is 0. The predicted molar refractivity (Wildman–Crippen MR) is 96.5 cm³/mol. The quantitative estimate of drug-likeness (QED) is 0.509. The minimum absolute atomic E-state index is 0.195. The summed E-state index contributed by atoms with van der Waals surface area (Å²) in [6.07, 6.45) is 3.29. The molecule has 13 heteroatoms. The van der Waals surface area contributed by atoms with Crippen LogP contribution in [-0.4, -0.2) is 40.9 Å². The first-order chi connectivity index (χ1) is 14.1. The van der Waals surface area contributed by atoms with Gasteiger partial charge in [0.25, 0.3) is 0 Å². The van der Waals surface area contributed by atoms with Crippen LogP contribution in [0.2, 0.25) is 0 Å². The Morgan fingerprint density at radius 2 is 1.97 bits per heavy atom. The molecule has 0 aliphatic heterocycles. The predicted octanol–water partition coefficient (Wildman–Crippen LogP) is 2.34. The van der Waals surface area contributed by atoms with Gasteiger partial charge in [-0.2, -0.15) is 5.10 Å². The van der Waals surface area contributed by atoms with Crippen molar-refractivity contribution in [1.29, 1.82) is 0 Å². The number of ether oxygens (including phenoxy) is 1. The Kier molecular flexibility index (Phi) is 6.32. The lowest BCUT2D eigenvalue weighted by atomic mass is 9.79. The highest BCUT2D eigenvalue weighted by atomic mass is 31.2. The molecule has 2 atom stereocenters. The van der Waals surface area contributed by atoms with E-state index in [1.165, 1.54) is 24.3 Å². The SMILES string of the molecule is C[C@@H](c1ncncc1F)[C@@](Cn1cncn1)(OCP(=O)(O)O)c1ccc(F)cc1F. The van der Waals surface area contributed by atoms with Gasteiger partial charge in [0, 0.05) is 17.5 Å². The maximum Gasteiger partial charge on any atom is 0.351 e. The van der Waals surface area contributed by atoms with Crippen molar-refractivity contribution in [2.75, 3.05) is 6.35 Å². The summed E-state index contributed by atoms with van der Waals surface area (Å²) in [5.41, 5.74) is -2.40. The number of hydrogen-bond acceptors (Lipinski definition) is 6. The third-order valence-corrected chi connectivity index (χ3v) is 5.01. The Labute approximate surface area is 168 Å². The van der Waals surface area contributed by atoms with Gasteiger partial charge >= 0.3 is 7.60 Å². The molecular weight excluding hydrogens is 426 g/mol. The summed E-state index contributed by atoms with van der Waals surface area (Å²) in [4.78, 5) is 30.0. The zero-order valence-electron chi connectivity index (χ0n) is 15.6. The number of nitrogens with zero attached hydrogens (tertiary/aromatic N) is 5. The summed E-state index contributed by atoms with van der Waals surface area (Å²) in [5.74, 6) is -3.88. The van der Waals surface area contributed by atoms with E-state index in [9.17, 15) is 27.5 Å². The topological polar surface area (TPSA) is 123 Å². The van der Waals surface area contributed by atoms with Gasteiger partial charge in [0.1, 0.15) is 42.6 Å². The highest BCUT2D eigenvalue weighted by Crippen LogP contribution is 2.46. The van der Waals surface area contributed by atoms with Gasteiger partial charge in [-0.25, -0.2) is 32.8 Å². The van der Waals surface area contributed by atoms with Gasteiger partial charge in [0.05, 0.1) is 18.4 Å². The number of aromatic nitrogens is 5. The lowest BCUT2D eigenvalue weighted by molar-refractivity contribution is -0.0704. The Morgan fingerprint density at radius 3 is 2.57 bits per heavy atom. The molecule has 0 radical (unpaired) electrons. The van der Waals surface area contributed by atoms with Gasteiger partial charge in [-0.05, 0) is 6.07 Å². The van der Waals surface area contributed by atoms with Crippen molar-refractivity contribution in [1.82, 2.24) is 24.7 Å². The highest BCUT2D eigenvalue weighted by Gasteiger charge is 2.46. The summed E-state index contributed by atoms with van der Waals surface area (Å²) in [5, 5.41) is 3.93. The molecule has 2 heterocycles. The molecule has 9 nitrogen and oxygen atoms in total. The van der Waals surface area contributed by atoms with E-state index >= 15 is 0 Å². The van der Waals surface area contributed by atoms with Crippen LogP contribution in [0.25, 0.3) is 0 Å². The number of rotatable bonds is 8. The van der Waals surface area contributed by atoms with Crippen LogP contribution in [-0.2, 0) is 21.4 Å². The van der Waals surface area contributed by atoms with E-state index in [1.807, 2.05) is 0 Å². The first-order valence-corrected chi connectivity index (χ1v) is 10.3. The summed E-state index contributed by atoms with van der Waals surface area (Å²) in [6, 6.07) is 2.62. The van der Waals surface area contributed by atoms with Crippen molar-refractivity contribution in [2.45, 2.75) is 25.0 Å². The zero-order chi connectivity index (χ0) is 21.9. The van der Waals surface area contributed by atoms with E-state index < -0.39 is 42.9 Å². The smallest absolute Gasteiger partial charge is 0.351 e. The fraction of sp³-hybridized carbons (Fsp3) is 0.294. The van der Waals surface area contributed by atoms with E-state index in [-0.39, 0.29) is 17.8 Å². The summed E-state index contributed by atoms with van der Waals surface area (Å²) in [6.45, 7) is 1.10. The molecule has 0 aliphatic carbocycles. The lowest BCUT2D eigenvalue weighted by Gasteiger charge is -2.39. The molecule has 2 aromatic heterocycles. The van der Waals surface area contributed by atoms with Crippen LogP contribution < -0.4 is 0 Å². The van der Waals surface area contributed by atoms with Crippen molar-refractivity contribution < 1.29 is 32.3 Å². The second kappa shape index (κ2) is 8.60. The maximum atomic E-state index is 14.9. The molecule has 0 amide bonds. The maximum absolute atomic E-state index is 14.9. The van der Waals surface area contributed by atoms with Gasteiger partial charge in [-0.1, -0.05) is 13.0 Å². The molecular formula is C17H17F3N5O4P. The van der Waals surface area contributed by atoms with Crippen LogP contribution in [0, 0.1) is 17.5 Å². The minimum Gasteiger partial charge on any atom is -0.355 e. The number of benzene rings is 1. The molecule has 0 aliphatic rings. The molecule has 30 heavy (non-hydrogen) atoms. The Hall–Kier alpha value is -2.66. The summed E-state index contributed by atoms with van der Waals surface area (Å²) in [7, 11) is -4.73. The Bertz CT molecular complexity index is 1070. The van der Waals surface area contributed by atoms with Crippen molar-refractivity contribution in [3.63, 3.8) is 0 Å². The van der Waals surface area contributed by atoms with Gasteiger partial charge in [0.2, 0.25) is 0 Å². The standard InChI is InChI=1S/C17H17F3N5O4P/c1-11(16-15(20)5-21-7-23-16)17(29-10-30(26,27)28,6-25-9-22-8-24-25)13-3-2-12(18)4-14(13)19/h2-5,7-9,11H,6,10H2,1H3,(H2,26,27,28)/t11-,17+/m0/s1. The van der Waals surface area contributed by atoms with Crippen LogP contribution in [0.5, 0.6) is 0 Å². The zero-order valence-corrected chi connectivity index (χ0v) is 16.5. The van der Waals surface area contributed by atoms with Crippen LogP contribution in [0.1, 0.15) is 24.1 Å². The number of hydrogen-bond donors (Lipinski definition) is 2. The highest BCUT2D eigenvalue weighted by molar-refractivity contribution is 7.51. The fourth-order valence-electron chi connectivity index (χ4n) is 3.15. The molecule has 1 aromatic carbocycles. The van der Waals surface area contributed by atoms with E-state index in [0.29, 0.717) is 6.07 Å². The van der Waals surface area contributed by atoms with Gasteiger partial charge in [-0.3, -0.25) is 4.57 Å². The Morgan fingerprint density at radius 1 is 1.20 bits per heavy atom. The van der Waals surface area contributed by atoms with E-state index in [1.54, 1.807) is 0 Å². The van der Waals surface area contributed by atoms with Gasteiger partial charge < -0.3 is 14.5 Å². The lowest BCUT2D eigenvalue weighted by Crippen LogP contribution is -2.42. The molecule has 0 fully saturated rings. The van der Waals surface area contributed by atoms with Crippen LogP contribution in [0.3, 0.4) is 0 Å². The third-order valence-electron chi connectivity index (χ3n) is 4.55. The van der Waals surface area contributed by atoms with E-state index in [0.717, 1.165) is 24.7 Å². The molecule has 0 unspecified atom stereocenters. The molecule has 2 N–H and O–H groups in total. The molecule has 160 valence electrons. The second-order valence-electron chi connectivity index (χ2n) is 6.52. The molecule has 3 rings (SSSR count). The normalized spacial score (nSPS) is 15.0. The molecule has 3 aromatic rings. The molecule has 0 bridgehead atoms. The molecule has 0 spiro atoms. The van der Waals surface area contributed by atoms with Crippen molar-refractivity contribution in [2.24, 2.45) is 0 Å². The van der Waals surface area contributed by atoms with Crippen molar-refractivity contribution in [3.8, 4) is 0 Å². The minimum atomic E-state index is -4.73. The largest absolute Gasteiger partial charge is 0.355 e. The van der Waals surface area contributed by atoms with E-state index in [4.69, 9.17) is 4.74 Å². The first kappa shape index (κ1) is 22.0. The average molecular weight is 443 g/mol. The average Bonchev–Trinajstić information content (AvgIpc) is 3.17. The van der Waals surface area contributed by atoms with Crippen LogP contribution >= 0.6 is 7.60 Å². The van der Waals surface area contributed by atoms with E-state index in [2.05, 4.69) is 20.1 Å². The molecule has 0 saturated carbocycles. The second-order valence-corrected chi connectivity index (χ2v) is 8.11. The summed E-state index contributed by atoms with van der Waals surface area (Å²) < 4.78 is 61.3. The van der Waals surface area contributed by atoms with Gasteiger partial charge in [-0.15, -0.1) is 0 Å². The monoisotopic (exact) mass is 443 g/mol. The van der Waals surface area contributed by atoms with Gasteiger partial charge in [0.15, 0.2) is 5.82 Å². The van der Waals surface area contributed by atoms with Crippen LogP contribution in [0.15, 0.2) is 43.4 Å². The van der Waals surface area contributed by atoms with Crippen molar-refractivity contribution >= 4 is 7.60 Å². The Balaban J connectivity index is 2.24. The molecule has 0 saturated heterocycles. The fourth-order valence-corrected chi connectivity index (χ4v) is 3.55.